The number of rotatable bonds is 7. The predicted molar refractivity (Wildman–Crippen MR) is 119 cm³/mol. The highest BCUT2D eigenvalue weighted by atomic mass is 16.5. The average Bonchev–Trinajstić information content (AvgIpc) is 3.42. The molecule has 0 aliphatic carbocycles. The Morgan fingerprint density at radius 3 is 2.38 bits per heavy atom. The van der Waals surface area contributed by atoms with Crippen molar-refractivity contribution in [3.05, 3.63) is 65.2 Å². The van der Waals surface area contributed by atoms with Gasteiger partial charge >= 0.3 is 0 Å². The van der Waals surface area contributed by atoms with Crippen molar-refractivity contribution in [2.75, 3.05) is 26.9 Å². The standard InChI is InChI=1S/C25H27NO6/c1-3-31-19-12-6-16(7-13-19)22-21(23(27)17-8-10-18(30-2)11-9-17)24(28)25(29)26(22)15-20-5-4-14-32-20/h6-13,20,22,27H,3-5,14-15H2,1-2H3/t20-,22-/m1/s1. The second-order valence-corrected chi connectivity index (χ2v) is 7.82. The lowest BCUT2D eigenvalue weighted by molar-refractivity contribution is -0.140. The highest BCUT2D eigenvalue weighted by Crippen LogP contribution is 2.40. The Kier molecular flexibility index (Phi) is 6.46. The van der Waals surface area contributed by atoms with Gasteiger partial charge in [-0.2, -0.15) is 0 Å². The van der Waals surface area contributed by atoms with Crippen molar-refractivity contribution in [3.8, 4) is 11.5 Å². The summed E-state index contributed by atoms with van der Waals surface area (Å²) in [6.07, 6.45) is 1.63. The first-order chi connectivity index (χ1) is 15.5. The van der Waals surface area contributed by atoms with Crippen molar-refractivity contribution in [1.29, 1.82) is 0 Å². The molecule has 2 atom stereocenters. The third-order valence-corrected chi connectivity index (χ3v) is 5.83. The number of carbonyl (C=O) groups is 2. The first kappa shape index (κ1) is 21.9. The second kappa shape index (κ2) is 9.44. The Hall–Kier alpha value is -3.32. The van der Waals surface area contributed by atoms with Crippen molar-refractivity contribution >= 4 is 17.4 Å². The maximum atomic E-state index is 13.1. The lowest BCUT2D eigenvalue weighted by atomic mass is 9.95. The van der Waals surface area contributed by atoms with Crippen molar-refractivity contribution in [2.24, 2.45) is 0 Å². The summed E-state index contributed by atoms with van der Waals surface area (Å²) in [4.78, 5) is 27.6. The molecule has 0 spiro atoms. The fourth-order valence-electron chi connectivity index (χ4n) is 4.24. The number of benzene rings is 2. The number of Topliss-reactive ketones (excluding diaryl/α,β-unsaturated/α-hetero) is 1. The van der Waals surface area contributed by atoms with Gasteiger partial charge < -0.3 is 24.2 Å². The monoisotopic (exact) mass is 437 g/mol. The largest absolute Gasteiger partial charge is 0.507 e. The van der Waals surface area contributed by atoms with Crippen LogP contribution in [-0.2, 0) is 14.3 Å². The third kappa shape index (κ3) is 4.21. The van der Waals surface area contributed by atoms with Gasteiger partial charge in [0.05, 0.1) is 31.4 Å². The topological polar surface area (TPSA) is 85.3 Å². The van der Waals surface area contributed by atoms with E-state index >= 15 is 0 Å². The van der Waals surface area contributed by atoms with Crippen LogP contribution in [0.4, 0.5) is 0 Å². The number of likely N-dealkylation sites (tertiary alicyclic amines) is 1. The molecule has 0 radical (unpaired) electrons. The summed E-state index contributed by atoms with van der Waals surface area (Å²) in [7, 11) is 1.55. The lowest BCUT2D eigenvalue weighted by Gasteiger charge is -2.27. The fraction of sp³-hybridized carbons (Fsp3) is 0.360. The molecule has 2 saturated heterocycles. The number of hydrogen-bond donors (Lipinski definition) is 1. The highest BCUT2D eigenvalue weighted by Gasteiger charge is 2.47. The number of hydrogen-bond acceptors (Lipinski definition) is 6. The third-order valence-electron chi connectivity index (χ3n) is 5.83. The van der Waals surface area contributed by atoms with Gasteiger partial charge in [-0.15, -0.1) is 0 Å². The smallest absolute Gasteiger partial charge is 0.295 e. The van der Waals surface area contributed by atoms with Gasteiger partial charge in [0.25, 0.3) is 11.7 Å². The number of aliphatic hydroxyl groups excluding tert-OH is 1. The van der Waals surface area contributed by atoms with Gasteiger partial charge in [-0.1, -0.05) is 12.1 Å². The number of aliphatic hydroxyl groups is 1. The number of ketones is 1. The van der Waals surface area contributed by atoms with Crippen molar-refractivity contribution in [1.82, 2.24) is 4.90 Å². The van der Waals surface area contributed by atoms with Gasteiger partial charge in [-0.3, -0.25) is 9.59 Å². The van der Waals surface area contributed by atoms with Crippen LogP contribution in [0.15, 0.2) is 54.1 Å². The van der Waals surface area contributed by atoms with Gasteiger partial charge in [0.1, 0.15) is 17.3 Å². The molecule has 2 aromatic carbocycles. The molecule has 2 aliphatic rings. The maximum Gasteiger partial charge on any atom is 0.295 e. The maximum absolute atomic E-state index is 13.1. The van der Waals surface area contributed by atoms with E-state index < -0.39 is 17.7 Å². The van der Waals surface area contributed by atoms with Gasteiger partial charge in [0.15, 0.2) is 0 Å². The molecule has 1 N–H and O–H groups in total. The normalized spacial score (nSPS) is 22.4. The van der Waals surface area contributed by atoms with E-state index in [4.69, 9.17) is 14.2 Å². The summed E-state index contributed by atoms with van der Waals surface area (Å²) < 4.78 is 16.4. The second-order valence-electron chi connectivity index (χ2n) is 7.82. The Morgan fingerprint density at radius 1 is 1.09 bits per heavy atom. The van der Waals surface area contributed by atoms with Crippen LogP contribution < -0.4 is 9.47 Å². The molecule has 2 heterocycles. The Bertz CT molecular complexity index is 1010. The van der Waals surface area contributed by atoms with Crippen molar-refractivity contribution in [2.45, 2.75) is 31.9 Å². The van der Waals surface area contributed by atoms with Crippen LogP contribution in [0.25, 0.3) is 5.76 Å². The summed E-state index contributed by atoms with van der Waals surface area (Å²) in [5.74, 6) is -0.213. The minimum Gasteiger partial charge on any atom is -0.507 e. The molecule has 0 aromatic heterocycles. The molecule has 0 unspecified atom stereocenters. The van der Waals surface area contributed by atoms with E-state index in [-0.39, 0.29) is 17.4 Å². The molecule has 32 heavy (non-hydrogen) atoms. The minimum atomic E-state index is -0.711. The van der Waals surface area contributed by atoms with Gasteiger partial charge in [-0.25, -0.2) is 0 Å². The van der Waals surface area contributed by atoms with E-state index in [1.54, 1.807) is 43.5 Å². The zero-order chi connectivity index (χ0) is 22.7. The van der Waals surface area contributed by atoms with Crippen LogP contribution in [0.2, 0.25) is 0 Å². The first-order valence-corrected chi connectivity index (χ1v) is 10.8. The fourth-order valence-corrected chi connectivity index (χ4v) is 4.24. The molecule has 2 aromatic rings. The number of carbonyl (C=O) groups excluding carboxylic acids is 2. The van der Waals surface area contributed by atoms with E-state index in [1.807, 2.05) is 19.1 Å². The quantitative estimate of drug-likeness (QED) is 0.404. The Morgan fingerprint density at radius 2 is 1.78 bits per heavy atom. The highest BCUT2D eigenvalue weighted by molar-refractivity contribution is 6.46. The molecule has 2 fully saturated rings. The zero-order valence-corrected chi connectivity index (χ0v) is 18.2. The van der Waals surface area contributed by atoms with E-state index in [0.29, 0.717) is 36.8 Å². The average molecular weight is 437 g/mol. The molecule has 1 amide bonds. The van der Waals surface area contributed by atoms with Crippen molar-refractivity contribution < 1.29 is 28.9 Å². The van der Waals surface area contributed by atoms with Crippen LogP contribution in [0, 0.1) is 0 Å². The SMILES string of the molecule is CCOc1ccc([C@@H]2C(=C(O)c3ccc(OC)cc3)C(=O)C(=O)N2C[C@H]2CCCO2)cc1. The van der Waals surface area contributed by atoms with E-state index in [0.717, 1.165) is 18.4 Å². The Labute approximate surface area is 187 Å². The van der Waals surface area contributed by atoms with E-state index in [2.05, 4.69) is 0 Å². The molecular weight excluding hydrogens is 410 g/mol. The first-order valence-electron chi connectivity index (χ1n) is 10.8. The van der Waals surface area contributed by atoms with Gasteiger partial charge in [0, 0.05) is 18.7 Å². The van der Waals surface area contributed by atoms with Crippen LogP contribution in [-0.4, -0.2) is 54.7 Å². The van der Waals surface area contributed by atoms with Gasteiger partial charge in [-0.05, 0) is 61.7 Å². The van der Waals surface area contributed by atoms with Crippen LogP contribution in [0.5, 0.6) is 11.5 Å². The Balaban J connectivity index is 1.77. The number of methoxy groups -OCH3 is 1. The molecule has 2 aliphatic heterocycles. The molecule has 7 nitrogen and oxygen atoms in total. The number of amides is 1. The van der Waals surface area contributed by atoms with Crippen molar-refractivity contribution in [3.63, 3.8) is 0 Å². The predicted octanol–water partition coefficient (Wildman–Crippen LogP) is 3.69. The molecule has 0 bridgehead atoms. The summed E-state index contributed by atoms with van der Waals surface area (Å²) >= 11 is 0. The van der Waals surface area contributed by atoms with Crippen LogP contribution in [0.3, 0.4) is 0 Å². The van der Waals surface area contributed by atoms with E-state index in [9.17, 15) is 14.7 Å². The van der Waals surface area contributed by atoms with E-state index in [1.165, 1.54) is 4.90 Å². The number of nitrogens with zero attached hydrogens (tertiary/aromatic N) is 1. The number of ether oxygens (including phenoxy) is 3. The molecule has 4 rings (SSSR count). The van der Waals surface area contributed by atoms with Gasteiger partial charge in [0.2, 0.25) is 0 Å². The summed E-state index contributed by atoms with van der Waals surface area (Å²) in [5.41, 5.74) is 1.24. The van der Waals surface area contributed by atoms with Crippen LogP contribution >= 0.6 is 0 Å². The summed E-state index contributed by atoms with van der Waals surface area (Å²) in [6, 6.07) is 13.3. The zero-order valence-electron chi connectivity index (χ0n) is 18.2. The lowest BCUT2D eigenvalue weighted by Crippen LogP contribution is -2.36. The minimum absolute atomic E-state index is 0.0716. The molecular formula is C25H27NO6. The summed E-state index contributed by atoms with van der Waals surface area (Å²) in [6.45, 7) is 3.38. The van der Waals surface area contributed by atoms with Crippen LogP contribution in [0.1, 0.15) is 36.9 Å². The molecule has 0 saturated carbocycles. The summed E-state index contributed by atoms with van der Waals surface area (Å²) in [5, 5.41) is 11.1. The molecule has 7 heteroatoms. The molecule has 168 valence electrons.